The summed E-state index contributed by atoms with van der Waals surface area (Å²) in [4.78, 5) is 2.34. The molecule has 1 aliphatic heterocycles. The van der Waals surface area contributed by atoms with E-state index >= 15 is 0 Å². The van der Waals surface area contributed by atoms with E-state index in [0.29, 0.717) is 16.8 Å². The van der Waals surface area contributed by atoms with Gasteiger partial charge in [0.1, 0.15) is 5.15 Å². The van der Waals surface area contributed by atoms with Crippen LogP contribution in [0.4, 0.5) is 0 Å². The Morgan fingerprint density at radius 3 is 2.82 bits per heavy atom. The SMILES string of the molecule is Cc1nn(Cc2ccccc2)c(Cl)c1/C=N\NC(=S)NCCN1CCOCC1. The maximum atomic E-state index is 6.48. The largest absolute Gasteiger partial charge is 0.379 e. The number of hydrogen-bond donors (Lipinski definition) is 2. The highest BCUT2D eigenvalue weighted by Gasteiger charge is 2.12. The Kier molecular flexibility index (Phi) is 7.79. The van der Waals surface area contributed by atoms with Gasteiger partial charge in [0, 0.05) is 26.2 Å². The number of benzene rings is 1. The van der Waals surface area contributed by atoms with Crippen molar-refractivity contribution in [3.63, 3.8) is 0 Å². The van der Waals surface area contributed by atoms with Gasteiger partial charge in [-0.1, -0.05) is 41.9 Å². The van der Waals surface area contributed by atoms with E-state index in [1.54, 1.807) is 10.9 Å². The zero-order valence-electron chi connectivity index (χ0n) is 15.9. The van der Waals surface area contributed by atoms with E-state index in [0.717, 1.165) is 56.2 Å². The Bertz CT molecular complexity index is 804. The molecule has 1 fully saturated rings. The van der Waals surface area contributed by atoms with Gasteiger partial charge in [-0.25, -0.2) is 4.68 Å². The number of aryl methyl sites for hydroxylation is 1. The van der Waals surface area contributed by atoms with Crippen LogP contribution in [0.5, 0.6) is 0 Å². The number of thiocarbonyl (C=S) groups is 1. The van der Waals surface area contributed by atoms with Crippen molar-refractivity contribution < 1.29 is 4.74 Å². The van der Waals surface area contributed by atoms with E-state index in [1.807, 2.05) is 37.3 Å². The van der Waals surface area contributed by atoms with Crippen LogP contribution in [0.25, 0.3) is 0 Å². The van der Waals surface area contributed by atoms with E-state index in [-0.39, 0.29) is 0 Å². The predicted octanol–water partition coefficient (Wildman–Crippen LogP) is 2.02. The zero-order chi connectivity index (χ0) is 19.8. The molecular formula is C19H25ClN6OS. The third-order valence-corrected chi connectivity index (χ3v) is 5.10. The van der Waals surface area contributed by atoms with Crippen LogP contribution in [0.3, 0.4) is 0 Å². The fourth-order valence-electron chi connectivity index (χ4n) is 2.92. The van der Waals surface area contributed by atoms with Gasteiger partial charge in [-0.3, -0.25) is 10.3 Å². The van der Waals surface area contributed by atoms with Crippen LogP contribution in [0.2, 0.25) is 5.15 Å². The summed E-state index contributed by atoms with van der Waals surface area (Å²) in [6.07, 6.45) is 1.65. The average molecular weight is 421 g/mol. The molecule has 2 N–H and O–H groups in total. The van der Waals surface area contributed by atoms with Crippen LogP contribution in [0, 0.1) is 6.92 Å². The predicted molar refractivity (Wildman–Crippen MR) is 116 cm³/mol. The first-order chi connectivity index (χ1) is 13.6. The first-order valence-electron chi connectivity index (χ1n) is 9.27. The number of halogens is 1. The minimum absolute atomic E-state index is 0.481. The van der Waals surface area contributed by atoms with E-state index in [9.17, 15) is 0 Å². The lowest BCUT2D eigenvalue weighted by atomic mass is 10.2. The Hall–Kier alpha value is -2.00. The molecule has 150 valence electrons. The Morgan fingerprint density at radius 2 is 2.07 bits per heavy atom. The van der Waals surface area contributed by atoms with Crippen LogP contribution < -0.4 is 10.7 Å². The molecule has 1 aromatic carbocycles. The minimum atomic E-state index is 0.481. The summed E-state index contributed by atoms with van der Waals surface area (Å²) in [5, 5.41) is 12.9. The molecule has 1 aromatic heterocycles. The molecule has 0 amide bonds. The third-order valence-electron chi connectivity index (χ3n) is 4.46. The van der Waals surface area contributed by atoms with E-state index in [2.05, 4.69) is 25.8 Å². The molecule has 0 bridgehead atoms. The number of hydrazone groups is 1. The van der Waals surface area contributed by atoms with Crippen LogP contribution in [-0.2, 0) is 11.3 Å². The van der Waals surface area contributed by atoms with Crippen LogP contribution in [-0.4, -0.2) is 65.4 Å². The van der Waals surface area contributed by atoms with Gasteiger partial charge >= 0.3 is 0 Å². The topological polar surface area (TPSA) is 66.7 Å². The van der Waals surface area contributed by atoms with E-state index in [1.165, 1.54) is 0 Å². The minimum Gasteiger partial charge on any atom is -0.379 e. The van der Waals surface area contributed by atoms with Crippen molar-refractivity contribution >= 4 is 35.1 Å². The van der Waals surface area contributed by atoms with Gasteiger partial charge < -0.3 is 10.1 Å². The summed E-state index contributed by atoms with van der Waals surface area (Å²) in [5.41, 5.74) is 5.57. The van der Waals surface area contributed by atoms with Gasteiger partial charge in [0.25, 0.3) is 0 Å². The average Bonchev–Trinajstić information content (AvgIpc) is 2.97. The van der Waals surface area contributed by atoms with Crippen LogP contribution >= 0.6 is 23.8 Å². The quantitative estimate of drug-likeness (QED) is 0.406. The summed E-state index contributed by atoms with van der Waals surface area (Å²) < 4.78 is 7.11. The number of ether oxygens (including phenoxy) is 1. The van der Waals surface area contributed by atoms with Crippen molar-refractivity contribution in [3.05, 3.63) is 52.3 Å². The second kappa shape index (κ2) is 10.5. The van der Waals surface area contributed by atoms with Crippen molar-refractivity contribution in [2.45, 2.75) is 13.5 Å². The first kappa shape index (κ1) is 20.7. The molecular weight excluding hydrogens is 396 g/mol. The van der Waals surface area contributed by atoms with E-state index < -0.39 is 0 Å². The molecule has 0 aliphatic carbocycles. The summed E-state index contributed by atoms with van der Waals surface area (Å²) in [5.74, 6) is 0. The van der Waals surface area contributed by atoms with Gasteiger partial charge in [-0.15, -0.1) is 0 Å². The fraction of sp³-hybridized carbons (Fsp3) is 0.421. The number of nitrogens with one attached hydrogen (secondary N) is 2. The molecule has 0 unspecified atom stereocenters. The second-order valence-electron chi connectivity index (χ2n) is 6.51. The molecule has 0 atom stereocenters. The Balaban J connectivity index is 1.47. The summed E-state index contributed by atoms with van der Waals surface area (Å²) in [6.45, 7) is 7.73. The smallest absolute Gasteiger partial charge is 0.187 e. The van der Waals surface area contributed by atoms with Gasteiger partial charge in [-0.05, 0) is 24.7 Å². The fourth-order valence-corrected chi connectivity index (χ4v) is 3.36. The normalized spacial score (nSPS) is 15.1. The standard InChI is InChI=1S/C19H25ClN6OS/c1-15-17(18(20)26(24-15)14-16-5-3-2-4-6-16)13-22-23-19(28)21-7-8-25-9-11-27-12-10-25/h2-6,13H,7-12,14H2,1H3,(H2,21,23,28)/b22-13-. The first-order valence-corrected chi connectivity index (χ1v) is 10.1. The molecule has 0 saturated carbocycles. The second-order valence-corrected chi connectivity index (χ2v) is 7.28. The lowest BCUT2D eigenvalue weighted by Gasteiger charge is -2.26. The molecule has 3 rings (SSSR count). The monoisotopic (exact) mass is 420 g/mol. The maximum absolute atomic E-state index is 6.48. The lowest BCUT2D eigenvalue weighted by molar-refractivity contribution is 0.0389. The molecule has 9 heteroatoms. The summed E-state index contributed by atoms with van der Waals surface area (Å²) in [6, 6.07) is 10.1. The number of nitrogens with zero attached hydrogens (tertiary/aromatic N) is 4. The van der Waals surface area contributed by atoms with Crippen LogP contribution in [0.15, 0.2) is 35.4 Å². The van der Waals surface area contributed by atoms with Crippen molar-refractivity contribution in [1.82, 2.24) is 25.4 Å². The van der Waals surface area contributed by atoms with Crippen molar-refractivity contribution in [2.75, 3.05) is 39.4 Å². The van der Waals surface area contributed by atoms with E-state index in [4.69, 9.17) is 28.6 Å². The number of rotatable bonds is 7. The number of aromatic nitrogens is 2. The third kappa shape index (κ3) is 6.00. The van der Waals surface area contributed by atoms with Gasteiger partial charge in [0.05, 0.1) is 37.2 Å². The van der Waals surface area contributed by atoms with Gasteiger partial charge in [-0.2, -0.15) is 10.2 Å². The van der Waals surface area contributed by atoms with Gasteiger partial charge in [0.15, 0.2) is 5.11 Å². The molecule has 1 saturated heterocycles. The summed E-state index contributed by atoms with van der Waals surface area (Å²) in [7, 11) is 0. The zero-order valence-corrected chi connectivity index (χ0v) is 17.5. The number of morpholine rings is 1. The van der Waals surface area contributed by atoms with Crippen molar-refractivity contribution in [1.29, 1.82) is 0 Å². The van der Waals surface area contributed by atoms with Crippen molar-refractivity contribution in [3.8, 4) is 0 Å². The molecule has 1 aliphatic rings. The molecule has 2 aromatic rings. The molecule has 2 heterocycles. The van der Waals surface area contributed by atoms with Crippen LogP contribution in [0.1, 0.15) is 16.8 Å². The Labute approximate surface area is 175 Å². The number of hydrogen-bond acceptors (Lipinski definition) is 5. The lowest BCUT2D eigenvalue weighted by Crippen LogP contribution is -2.42. The molecule has 0 radical (unpaired) electrons. The highest BCUT2D eigenvalue weighted by molar-refractivity contribution is 7.80. The van der Waals surface area contributed by atoms with Crippen molar-refractivity contribution in [2.24, 2.45) is 5.10 Å². The highest BCUT2D eigenvalue weighted by Crippen LogP contribution is 2.19. The highest BCUT2D eigenvalue weighted by atomic mass is 35.5. The van der Waals surface area contributed by atoms with Gasteiger partial charge in [0.2, 0.25) is 0 Å². The maximum Gasteiger partial charge on any atom is 0.187 e. The molecule has 28 heavy (non-hydrogen) atoms. The molecule has 0 spiro atoms. The molecule has 7 nitrogen and oxygen atoms in total. The Morgan fingerprint density at radius 1 is 1.32 bits per heavy atom. The summed E-state index contributed by atoms with van der Waals surface area (Å²) >= 11 is 11.7.